The number of benzene rings is 1. The lowest BCUT2D eigenvalue weighted by molar-refractivity contribution is 0.0917. The topological polar surface area (TPSA) is 58.6 Å². The van der Waals surface area contributed by atoms with Crippen molar-refractivity contribution in [3.63, 3.8) is 0 Å². The molecule has 0 saturated carbocycles. The van der Waals surface area contributed by atoms with Gasteiger partial charge in [0.25, 0.3) is 5.91 Å². The van der Waals surface area contributed by atoms with Crippen LogP contribution in [0.1, 0.15) is 26.2 Å². The number of rotatable bonds is 5. The fourth-order valence-electron chi connectivity index (χ4n) is 1.91. The SMILES string of the molecule is COc1cc(C)sc1C(=O)NCC(O)c1ccc(Cl)c(F)c1. The molecule has 1 atom stereocenters. The van der Waals surface area contributed by atoms with Gasteiger partial charge in [0.05, 0.1) is 18.2 Å². The van der Waals surface area contributed by atoms with Gasteiger partial charge in [0.2, 0.25) is 0 Å². The van der Waals surface area contributed by atoms with Crippen LogP contribution in [-0.4, -0.2) is 24.7 Å². The fraction of sp³-hybridized carbons (Fsp3) is 0.267. The van der Waals surface area contributed by atoms with Crippen LogP contribution in [0.15, 0.2) is 24.3 Å². The van der Waals surface area contributed by atoms with E-state index >= 15 is 0 Å². The average Bonchev–Trinajstić information content (AvgIpc) is 2.88. The molecule has 22 heavy (non-hydrogen) atoms. The Kier molecular flexibility index (Phi) is 5.39. The van der Waals surface area contributed by atoms with Gasteiger partial charge in [0.15, 0.2) is 0 Å². The molecule has 1 aromatic heterocycles. The highest BCUT2D eigenvalue weighted by molar-refractivity contribution is 7.14. The maximum Gasteiger partial charge on any atom is 0.265 e. The van der Waals surface area contributed by atoms with Crippen molar-refractivity contribution in [1.29, 1.82) is 0 Å². The Hall–Kier alpha value is -1.63. The first kappa shape index (κ1) is 16.7. The van der Waals surface area contributed by atoms with Gasteiger partial charge in [0, 0.05) is 11.4 Å². The van der Waals surface area contributed by atoms with Gasteiger partial charge in [0.1, 0.15) is 16.4 Å². The summed E-state index contributed by atoms with van der Waals surface area (Å²) in [4.78, 5) is 13.5. The second-order valence-corrected chi connectivity index (χ2v) is 6.32. The van der Waals surface area contributed by atoms with Crippen LogP contribution in [0.5, 0.6) is 5.75 Å². The first-order valence-electron chi connectivity index (χ1n) is 6.48. The predicted octanol–water partition coefficient (Wildman–Crippen LogP) is 3.32. The highest BCUT2D eigenvalue weighted by Gasteiger charge is 2.17. The maximum atomic E-state index is 13.4. The lowest BCUT2D eigenvalue weighted by atomic mass is 10.1. The zero-order valence-corrected chi connectivity index (χ0v) is 13.6. The van der Waals surface area contributed by atoms with Gasteiger partial charge in [-0.3, -0.25) is 4.79 Å². The minimum atomic E-state index is -1.03. The number of ether oxygens (including phenoxy) is 1. The Bertz CT molecular complexity index is 689. The van der Waals surface area contributed by atoms with Crippen LogP contribution in [0.2, 0.25) is 5.02 Å². The van der Waals surface area contributed by atoms with E-state index in [0.717, 1.165) is 10.9 Å². The normalized spacial score (nSPS) is 12.0. The number of amides is 1. The van der Waals surface area contributed by atoms with Crippen molar-refractivity contribution in [3.8, 4) is 5.75 Å². The minimum Gasteiger partial charge on any atom is -0.495 e. The standard InChI is InChI=1S/C15H15ClFNO3S/c1-8-5-13(21-2)14(22-8)15(20)18-7-12(19)9-3-4-10(16)11(17)6-9/h3-6,12,19H,7H2,1-2H3,(H,18,20). The third-order valence-electron chi connectivity index (χ3n) is 3.03. The van der Waals surface area contributed by atoms with Crippen molar-refractivity contribution in [2.45, 2.75) is 13.0 Å². The van der Waals surface area contributed by atoms with Crippen LogP contribution < -0.4 is 10.1 Å². The number of thiophene rings is 1. The Morgan fingerprint density at radius 3 is 2.86 bits per heavy atom. The molecule has 1 amide bonds. The van der Waals surface area contributed by atoms with Crippen LogP contribution in [0.4, 0.5) is 4.39 Å². The molecule has 1 unspecified atom stereocenters. The molecule has 1 aromatic carbocycles. The molecule has 0 fully saturated rings. The summed E-state index contributed by atoms with van der Waals surface area (Å²) in [6.07, 6.45) is -1.03. The second kappa shape index (κ2) is 7.09. The van der Waals surface area contributed by atoms with Crippen LogP contribution in [0, 0.1) is 12.7 Å². The summed E-state index contributed by atoms with van der Waals surface area (Å²) in [5.41, 5.74) is 0.344. The molecule has 0 bridgehead atoms. The summed E-state index contributed by atoms with van der Waals surface area (Å²) in [6.45, 7) is 1.83. The van der Waals surface area contributed by atoms with E-state index in [1.54, 1.807) is 6.07 Å². The summed E-state index contributed by atoms with van der Waals surface area (Å²) >= 11 is 6.89. The van der Waals surface area contributed by atoms with E-state index in [-0.39, 0.29) is 17.5 Å². The van der Waals surface area contributed by atoms with E-state index in [0.29, 0.717) is 16.2 Å². The molecule has 0 aliphatic carbocycles. The molecule has 0 spiro atoms. The van der Waals surface area contributed by atoms with Crippen molar-refractivity contribution in [1.82, 2.24) is 5.32 Å². The maximum absolute atomic E-state index is 13.4. The molecule has 2 N–H and O–H groups in total. The number of carbonyl (C=O) groups excluding carboxylic acids is 1. The zero-order chi connectivity index (χ0) is 16.3. The number of aliphatic hydroxyl groups excluding tert-OH is 1. The van der Waals surface area contributed by atoms with Crippen molar-refractivity contribution in [2.24, 2.45) is 0 Å². The third kappa shape index (κ3) is 3.76. The predicted molar refractivity (Wildman–Crippen MR) is 84.3 cm³/mol. The van der Waals surface area contributed by atoms with Crippen LogP contribution in [0.25, 0.3) is 0 Å². The van der Waals surface area contributed by atoms with E-state index in [1.807, 2.05) is 6.92 Å². The number of hydrogen-bond donors (Lipinski definition) is 2. The molecule has 7 heteroatoms. The minimum absolute atomic E-state index is 0.0150. The lowest BCUT2D eigenvalue weighted by Gasteiger charge is -2.12. The third-order valence-corrected chi connectivity index (χ3v) is 4.37. The van der Waals surface area contributed by atoms with Crippen LogP contribution >= 0.6 is 22.9 Å². The summed E-state index contributed by atoms with van der Waals surface area (Å²) < 4.78 is 18.5. The smallest absolute Gasteiger partial charge is 0.265 e. The monoisotopic (exact) mass is 343 g/mol. The molecule has 1 heterocycles. The molecule has 0 saturated heterocycles. The van der Waals surface area contributed by atoms with E-state index in [9.17, 15) is 14.3 Å². The molecular weight excluding hydrogens is 329 g/mol. The van der Waals surface area contributed by atoms with E-state index in [4.69, 9.17) is 16.3 Å². The zero-order valence-electron chi connectivity index (χ0n) is 12.0. The molecular formula is C15H15ClFNO3S. The van der Waals surface area contributed by atoms with Gasteiger partial charge in [-0.1, -0.05) is 17.7 Å². The number of aliphatic hydroxyl groups is 1. The summed E-state index contributed by atoms with van der Waals surface area (Å²) in [5, 5.41) is 12.6. The van der Waals surface area contributed by atoms with Crippen molar-refractivity contribution in [2.75, 3.05) is 13.7 Å². The Morgan fingerprint density at radius 1 is 1.50 bits per heavy atom. The fourth-order valence-corrected chi connectivity index (χ4v) is 2.92. The van der Waals surface area contributed by atoms with Gasteiger partial charge >= 0.3 is 0 Å². The second-order valence-electron chi connectivity index (χ2n) is 4.65. The van der Waals surface area contributed by atoms with Crippen molar-refractivity contribution >= 4 is 28.8 Å². The van der Waals surface area contributed by atoms with Gasteiger partial charge in [-0.2, -0.15) is 0 Å². The Labute approximate surface area is 136 Å². The van der Waals surface area contributed by atoms with E-state index < -0.39 is 11.9 Å². The number of aryl methyl sites for hydroxylation is 1. The van der Waals surface area contributed by atoms with Crippen LogP contribution in [0.3, 0.4) is 0 Å². The molecule has 2 rings (SSSR count). The van der Waals surface area contributed by atoms with Gasteiger partial charge < -0.3 is 15.2 Å². The molecule has 0 radical (unpaired) electrons. The summed E-state index contributed by atoms with van der Waals surface area (Å²) in [5.74, 6) is -0.462. The molecule has 0 aliphatic rings. The first-order valence-corrected chi connectivity index (χ1v) is 7.67. The number of carbonyl (C=O) groups is 1. The highest BCUT2D eigenvalue weighted by atomic mass is 35.5. The number of halogens is 2. The average molecular weight is 344 g/mol. The molecule has 2 aromatic rings. The van der Waals surface area contributed by atoms with Crippen LogP contribution in [-0.2, 0) is 0 Å². The Morgan fingerprint density at radius 2 is 2.23 bits per heavy atom. The largest absolute Gasteiger partial charge is 0.495 e. The lowest BCUT2D eigenvalue weighted by Crippen LogP contribution is -2.28. The quantitative estimate of drug-likeness (QED) is 0.875. The number of hydrogen-bond acceptors (Lipinski definition) is 4. The Balaban J connectivity index is 2.02. The summed E-state index contributed by atoms with van der Waals surface area (Å²) in [7, 11) is 1.49. The van der Waals surface area contributed by atoms with Gasteiger partial charge in [-0.25, -0.2) is 4.39 Å². The van der Waals surface area contributed by atoms with Gasteiger partial charge in [-0.15, -0.1) is 11.3 Å². The highest BCUT2D eigenvalue weighted by Crippen LogP contribution is 2.28. The van der Waals surface area contributed by atoms with Crippen molar-refractivity contribution in [3.05, 3.63) is 50.4 Å². The first-order chi connectivity index (χ1) is 10.4. The number of methoxy groups -OCH3 is 1. The molecule has 0 aliphatic heterocycles. The summed E-state index contributed by atoms with van der Waals surface area (Å²) in [6, 6.07) is 5.79. The van der Waals surface area contributed by atoms with Gasteiger partial charge in [-0.05, 0) is 30.7 Å². The van der Waals surface area contributed by atoms with E-state index in [2.05, 4.69) is 5.32 Å². The molecule has 118 valence electrons. The number of nitrogens with one attached hydrogen (secondary N) is 1. The van der Waals surface area contributed by atoms with Crippen molar-refractivity contribution < 1.29 is 19.0 Å². The molecule has 4 nitrogen and oxygen atoms in total. The van der Waals surface area contributed by atoms with E-state index in [1.165, 1.54) is 30.6 Å².